The molecule has 5 nitrogen and oxygen atoms in total. The molecule has 1 aliphatic heterocycles. The molecule has 3 rings (SSSR count). The zero-order chi connectivity index (χ0) is 15.7. The smallest absolute Gasteiger partial charge is 0.341 e. The highest BCUT2D eigenvalue weighted by Crippen LogP contribution is 2.42. The summed E-state index contributed by atoms with van der Waals surface area (Å²) in [7, 11) is 3.00. The maximum Gasteiger partial charge on any atom is 0.341 e. The van der Waals surface area contributed by atoms with Gasteiger partial charge >= 0.3 is 5.97 Å². The van der Waals surface area contributed by atoms with E-state index >= 15 is 0 Å². The number of ether oxygens (including phenoxy) is 2. The molecule has 0 N–H and O–H groups in total. The number of aromatic nitrogens is 2. The first kappa shape index (κ1) is 15.1. The molecule has 1 unspecified atom stereocenters. The molecule has 0 fully saturated rings. The third kappa shape index (κ3) is 2.30. The quantitative estimate of drug-likeness (QED) is 0.813. The van der Waals surface area contributed by atoms with Gasteiger partial charge in [0.25, 0.3) is 0 Å². The SMILES string of the molecule is COC(=O)c1c(Cl)c(-c2cccnc2)n2c1C(OC)CCC2. The summed E-state index contributed by atoms with van der Waals surface area (Å²) >= 11 is 6.55. The molecule has 6 heteroatoms. The first-order valence-electron chi connectivity index (χ1n) is 7.12. The first-order chi connectivity index (χ1) is 10.7. The Morgan fingerprint density at radius 2 is 2.27 bits per heavy atom. The second-order valence-electron chi connectivity index (χ2n) is 5.17. The summed E-state index contributed by atoms with van der Waals surface area (Å²) < 4.78 is 12.5. The Hall–Kier alpha value is -1.85. The molecule has 3 heterocycles. The fourth-order valence-electron chi connectivity index (χ4n) is 3.05. The summed E-state index contributed by atoms with van der Waals surface area (Å²) in [5.74, 6) is -0.437. The van der Waals surface area contributed by atoms with Crippen molar-refractivity contribution in [3.63, 3.8) is 0 Å². The first-order valence-corrected chi connectivity index (χ1v) is 7.50. The minimum absolute atomic E-state index is 0.161. The fraction of sp³-hybridized carbons (Fsp3) is 0.375. The Kier molecular flexibility index (Phi) is 4.18. The topological polar surface area (TPSA) is 53.3 Å². The molecule has 2 aromatic heterocycles. The molecule has 1 aliphatic rings. The zero-order valence-corrected chi connectivity index (χ0v) is 13.3. The monoisotopic (exact) mass is 320 g/mol. The lowest BCUT2D eigenvalue weighted by Crippen LogP contribution is -2.20. The van der Waals surface area contributed by atoms with Crippen LogP contribution in [-0.2, 0) is 16.0 Å². The molecule has 0 radical (unpaired) electrons. The standard InChI is InChI=1S/C16H17ClN2O3/c1-21-11-6-4-8-19-14(10-5-3-7-18-9-10)13(17)12(15(11)19)16(20)22-2/h3,5,7,9,11H,4,6,8H2,1-2H3. The summed E-state index contributed by atoms with van der Waals surface area (Å²) in [6, 6.07) is 3.78. The van der Waals surface area contributed by atoms with Crippen molar-refractivity contribution in [3.8, 4) is 11.3 Å². The van der Waals surface area contributed by atoms with E-state index < -0.39 is 5.97 Å². The molecule has 0 bridgehead atoms. The van der Waals surface area contributed by atoms with Crippen LogP contribution in [0, 0.1) is 0 Å². The van der Waals surface area contributed by atoms with Gasteiger partial charge in [0, 0.05) is 31.6 Å². The molecule has 22 heavy (non-hydrogen) atoms. The third-order valence-electron chi connectivity index (χ3n) is 4.01. The largest absolute Gasteiger partial charge is 0.465 e. The number of nitrogens with zero attached hydrogens (tertiary/aromatic N) is 2. The van der Waals surface area contributed by atoms with Crippen molar-refractivity contribution < 1.29 is 14.3 Å². The van der Waals surface area contributed by atoms with E-state index in [1.54, 1.807) is 19.5 Å². The molecule has 116 valence electrons. The Morgan fingerprint density at radius 3 is 2.91 bits per heavy atom. The van der Waals surface area contributed by atoms with Crippen LogP contribution in [0.5, 0.6) is 0 Å². The van der Waals surface area contributed by atoms with Crippen molar-refractivity contribution in [1.82, 2.24) is 9.55 Å². The Labute approximate surface area is 133 Å². The second kappa shape index (κ2) is 6.10. The molecule has 0 saturated carbocycles. The minimum Gasteiger partial charge on any atom is -0.465 e. The molecule has 0 spiro atoms. The van der Waals surface area contributed by atoms with E-state index in [-0.39, 0.29) is 6.10 Å². The van der Waals surface area contributed by atoms with Crippen LogP contribution < -0.4 is 0 Å². The van der Waals surface area contributed by atoms with Crippen molar-refractivity contribution >= 4 is 17.6 Å². The van der Waals surface area contributed by atoms with Crippen LogP contribution in [0.1, 0.15) is 35.0 Å². The Balaban J connectivity index is 2.28. The number of esters is 1. The van der Waals surface area contributed by atoms with Crippen molar-refractivity contribution in [3.05, 3.63) is 40.8 Å². The van der Waals surface area contributed by atoms with Gasteiger partial charge in [-0.2, -0.15) is 0 Å². The van der Waals surface area contributed by atoms with Gasteiger partial charge in [0.1, 0.15) is 5.56 Å². The summed E-state index contributed by atoms with van der Waals surface area (Å²) in [5.41, 5.74) is 2.87. The average Bonchev–Trinajstić information content (AvgIpc) is 2.86. The number of methoxy groups -OCH3 is 2. The molecule has 0 aliphatic carbocycles. The highest BCUT2D eigenvalue weighted by atomic mass is 35.5. The molecule has 0 amide bonds. The Morgan fingerprint density at radius 1 is 1.45 bits per heavy atom. The van der Waals surface area contributed by atoms with Crippen molar-refractivity contribution in [2.75, 3.05) is 14.2 Å². The second-order valence-corrected chi connectivity index (χ2v) is 5.55. The molecular weight excluding hydrogens is 304 g/mol. The summed E-state index contributed by atoms with van der Waals surface area (Å²) in [4.78, 5) is 16.4. The van der Waals surface area contributed by atoms with Gasteiger partial charge in [0.15, 0.2) is 0 Å². The number of pyridine rings is 1. The van der Waals surface area contributed by atoms with Gasteiger partial charge in [0.05, 0.1) is 29.6 Å². The van der Waals surface area contributed by atoms with Crippen LogP contribution in [0.3, 0.4) is 0 Å². The molecule has 0 aromatic carbocycles. The van der Waals surface area contributed by atoms with Crippen LogP contribution in [0.4, 0.5) is 0 Å². The third-order valence-corrected chi connectivity index (χ3v) is 4.37. The molecule has 1 atom stereocenters. The van der Waals surface area contributed by atoms with Crippen molar-refractivity contribution in [1.29, 1.82) is 0 Å². The predicted octanol–water partition coefficient (Wildman–Crippen LogP) is 3.47. The molecular formula is C16H17ClN2O3. The van der Waals surface area contributed by atoms with Gasteiger partial charge in [-0.15, -0.1) is 0 Å². The van der Waals surface area contributed by atoms with Gasteiger partial charge in [-0.1, -0.05) is 11.6 Å². The van der Waals surface area contributed by atoms with E-state index in [1.165, 1.54) is 7.11 Å². The van der Waals surface area contributed by atoms with E-state index in [1.807, 2.05) is 12.1 Å². The maximum atomic E-state index is 12.2. The van der Waals surface area contributed by atoms with Crippen LogP contribution in [-0.4, -0.2) is 29.7 Å². The van der Waals surface area contributed by atoms with Crippen molar-refractivity contribution in [2.24, 2.45) is 0 Å². The molecule has 0 saturated heterocycles. The number of rotatable bonds is 3. The highest BCUT2D eigenvalue weighted by Gasteiger charge is 2.34. The van der Waals surface area contributed by atoms with Gasteiger partial charge in [-0.05, 0) is 25.0 Å². The summed E-state index contributed by atoms with van der Waals surface area (Å²) in [6.45, 7) is 0.788. The lowest BCUT2D eigenvalue weighted by atomic mass is 10.0. The lowest BCUT2D eigenvalue weighted by molar-refractivity contribution is 0.0559. The van der Waals surface area contributed by atoms with Gasteiger partial charge in [0.2, 0.25) is 0 Å². The predicted molar refractivity (Wildman–Crippen MR) is 83.0 cm³/mol. The minimum atomic E-state index is -0.437. The number of hydrogen-bond acceptors (Lipinski definition) is 4. The Bertz CT molecular complexity index is 697. The lowest BCUT2D eigenvalue weighted by Gasteiger charge is -2.25. The molecule has 2 aromatic rings. The normalized spacial score (nSPS) is 17.1. The van der Waals surface area contributed by atoms with Crippen LogP contribution in [0.15, 0.2) is 24.5 Å². The van der Waals surface area contributed by atoms with Gasteiger partial charge < -0.3 is 14.0 Å². The van der Waals surface area contributed by atoms with E-state index in [9.17, 15) is 4.79 Å². The van der Waals surface area contributed by atoms with Gasteiger partial charge in [-0.3, -0.25) is 4.98 Å². The van der Waals surface area contributed by atoms with E-state index in [4.69, 9.17) is 21.1 Å². The summed E-state index contributed by atoms with van der Waals surface area (Å²) in [5, 5.41) is 0.402. The maximum absolute atomic E-state index is 12.2. The number of halogens is 1. The number of carbonyl (C=O) groups excluding carboxylic acids is 1. The van der Waals surface area contributed by atoms with Crippen LogP contribution in [0.2, 0.25) is 5.02 Å². The van der Waals surface area contributed by atoms with E-state index in [0.717, 1.165) is 36.3 Å². The number of fused-ring (bicyclic) bond motifs is 1. The van der Waals surface area contributed by atoms with Crippen LogP contribution >= 0.6 is 11.6 Å². The average molecular weight is 321 g/mol. The van der Waals surface area contributed by atoms with Crippen LogP contribution in [0.25, 0.3) is 11.3 Å². The highest BCUT2D eigenvalue weighted by molar-refractivity contribution is 6.36. The number of hydrogen-bond donors (Lipinski definition) is 0. The van der Waals surface area contributed by atoms with E-state index in [0.29, 0.717) is 10.6 Å². The van der Waals surface area contributed by atoms with Gasteiger partial charge in [-0.25, -0.2) is 4.79 Å². The summed E-state index contributed by atoms with van der Waals surface area (Å²) in [6.07, 6.45) is 5.10. The zero-order valence-electron chi connectivity index (χ0n) is 12.5. The fourth-order valence-corrected chi connectivity index (χ4v) is 3.44. The number of carbonyl (C=O) groups is 1. The van der Waals surface area contributed by atoms with E-state index in [2.05, 4.69) is 9.55 Å². The van der Waals surface area contributed by atoms with Crippen molar-refractivity contribution in [2.45, 2.75) is 25.5 Å².